The van der Waals surface area contributed by atoms with Crippen LogP contribution in [0.25, 0.3) is 0 Å². The summed E-state index contributed by atoms with van der Waals surface area (Å²) in [6.07, 6.45) is 2.08. The number of likely N-dealkylation sites (N-methyl/N-ethyl adjacent to an activating group) is 1. The molecule has 0 radical (unpaired) electrons. The summed E-state index contributed by atoms with van der Waals surface area (Å²) in [6, 6.07) is 14.1. The van der Waals surface area contributed by atoms with Crippen molar-refractivity contribution in [2.45, 2.75) is 85.2 Å². The number of benzene rings is 2. The van der Waals surface area contributed by atoms with Crippen LogP contribution in [0.5, 0.6) is 5.75 Å². The molecule has 2 bridgehead atoms. The Morgan fingerprint density at radius 3 is 2.09 bits per heavy atom. The summed E-state index contributed by atoms with van der Waals surface area (Å²) in [6.45, 7) is 14.1. The molecule has 4 atom stereocenters. The molecular formula is C49H73N7O11. The minimum atomic E-state index is -0.915. The van der Waals surface area contributed by atoms with Crippen molar-refractivity contribution in [2.75, 3.05) is 85.3 Å². The van der Waals surface area contributed by atoms with E-state index in [9.17, 15) is 38.7 Å². The van der Waals surface area contributed by atoms with E-state index < -0.39 is 41.6 Å². The maximum absolute atomic E-state index is 13.9. The molecule has 1 unspecified atom stereocenters. The molecule has 5 rings (SSSR count). The van der Waals surface area contributed by atoms with Crippen LogP contribution in [0.4, 0.5) is 0 Å². The van der Waals surface area contributed by atoms with Gasteiger partial charge in [-0.1, -0.05) is 64.1 Å². The van der Waals surface area contributed by atoms with E-state index in [0.717, 1.165) is 23.2 Å². The number of nitrogens with one attached hydrogen (secondary N) is 2. The molecule has 1 saturated heterocycles. The first-order valence-electron chi connectivity index (χ1n) is 23.7. The number of carboxylic acids is 1. The number of carbonyl (C=O) groups is 7. The Labute approximate surface area is 395 Å². The van der Waals surface area contributed by atoms with E-state index in [2.05, 4.69) is 27.3 Å². The van der Waals surface area contributed by atoms with Gasteiger partial charge in [-0.25, -0.2) is 0 Å². The van der Waals surface area contributed by atoms with Gasteiger partial charge in [0.05, 0.1) is 37.6 Å². The number of amides is 2. The standard InChI is InChI=1S/C49H73N7O11/c1-5-53-18-20-55(32-46(60)61)22-21-54(23-25-56(24-19-53)33-65-34-57)31-40(58)28-36(4)47(62)51-30-39-10-8-37(9-11-39)14-17-45(59)44-29-38-12-15-41(16-13-38)66-26-6-7-42(49(64)67-50)43(27-35(2)3)48(63)52-44/h8-13,15-16,34-36,42-44H,5-7,14,17-33,50H2,1-4H3,(H,51,62)(H,52,63)(H,60,61)/t36?,42-,43+,44-/m0/s1. The lowest BCUT2D eigenvalue weighted by atomic mass is 9.81. The molecule has 2 aromatic rings. The third-order valence-electron chi connectivity index (χ3n) is 12.6. The number of hydrogen-bond acceptors (Lipinski definition) is 15. The SMILES string of the molecule is CCN1CCN(COC=O)CCN(CC(=O)CC(C)C(=O)NCc2ccc(CCC(=O)[C@@H]3Cc4ccc(cc4)OCCC[C@H](C(=O)ON)[C@@H](CC(C)C)C(=O)N3)cc2)CCN(CC(=O)O)CC1. The predicted octanol–water partition coefficient (Wildman–Crippen LogP) is 2.45. The van der Waals surface area contributed by atoms with Gasteiger partial charge in [-0.05, 0) is 73.4 Å². The van der Waals surface area contributed by atoms with Crippen LogP contribution in [0.3, 0.4) is 0 Å². The van der Waals surface area contributed by atoms with Gasteiger partial charge < -0.3 is 35.0 Å². The Morgan fingerprint density at radius 2 is 1.49 bits per heavy atom. The van der Waals surface area contributed by atoms with Crippen LogP contribution in [-0.4, -0.2) is 158 Å². The monoisotopic (exact) mass is 936 g/mol. The second-order valence-corrected chi connectivity index (χ2v) is 18.2. The molecule has 1 fully saturated rings. The quantitative estimate of drug-likeness (QED) is 0.110. The van der Waals surface area contributed by atoms with Gasteiger partial charge in [0, 0.05) is 77.7 Å². The predicted molar refractivity (Wildman–Crippen MR) is 250 cm³/mol. The average Bonchev–Trinajstić information content (AvgIpc) is 3.30. The lowest BCUT2D eigenvalue weighted by Crippen LogP contribution is -2.48. The van der Waals surface area contributed by atoms with E-state index in [1.165, 1.54) is 0 Å². The molecule has 3 aliphatic rings. The van der Waals surface area contributed by atoms with Crippen molar-refractivity contribution in [3.05, 3.63) is 65.2 Å². The van der Waals surface area contributed by atoms with Gasteiger partial charge in [0.2, 0.25) is 11.8 Å². The molecule has 370 valence electrons. The van der Waals surface area contributed by atoms with Crippen molar-refractivity contribution >= 4 is 41.8 Å². The summed E-state index contributed by atoms with van der Waals surface area (Å²) in [5.74, 6) is 1.41. The maximum atomic E-state index is 13.9. The fourth-order valence-electron chi connectivity index (χ4n) is 8.55. The normalized spacial score (nSPS) is 20.5. The second-order valence-electron chi connectivity index (χ2n) is 18.2. The molecule has 3 heterocycles. The fraction of sp³-hybridized carbons (Fsp3) is 0.612. The first kappa shape index (κ1) is 54.3. The van der Waals surface area contributed by atoms with Crippen molar-refractivity contribution in [3.63, 3.8) is 0 Å². The van der Waals surface area contributed by atoms with Crippen molar-refractivity contribution in [1.29, 1.82) is 0 Å². The lowest BCUT2D eigenvalue weighted by molar-refractivity contribution is -0.154. The van der Waals surface area contributed by atoms with E-state index >= 15 is 0 Å². The Balaban J connectivity index is 1.32. The summed E-state index contributed by atoms with van der Waals surface area (Å²) >= 11 is 0. The number of nitrogens with two attached hydrogens (primary N) is 1. The third kappa shape index (κ3) is 19.5. The van der Waals surface area contributed by atoms with Gasteiger partial charge in [-0.2, -0.15) is 5.90 Å². The minimum absolute atomic E-state index is 0.0257. The largest absolute Gasteiger partial charge is 0.494 e. The van der Waals surface area contributed by atoms with E-state index in [4.69, 9.17) is 15.4 Å². The molecule has 3 aliphatic heterocycles. The molecular weight excluding hydrogens is 863 g/mol. The molecule has 2 aromatic carbocycles. The molecule has 0 aliphatic carbocycles. The highest BCUT2D eigenvalue weighted by atomic mass is 16.7. The Morgan fingerprint density at radius 1 is 0.881 bits per heavy atom. The van der Waals surface area contributed by atoms with Gasteiger partial charge in [0.25, 0.3) is 6.47 Å². The fourth-order valence-corrected chi connectivity index (χ4v) is 8.55. The highest BCUT2D eigenvalue weighted by Gasteiger charge is 2.37. The number of hydrogen-bond donors (Lipinski definition) is 4. The van der Waals surface area contributed by atoms with Gasteiger partial charge in [0.15, 0.2) is 5.78 Å². The van der Waals surface area contributed by atoms with Gasteiger partial charge in [-0.15, -0.1) is 0 Å². The van der Waals surface area contributed by atoms with Crippen molar-refractivity contribution in [1.82, 2.24) is 30.2 Å². The molecule has 18 heteroatoms. The zero-order chi connectivity index (χ0) is 48.7. The van der Waals surface area contributed by atoms with Crippen LogP contribution in [0.15, 0.2) is 48.5 Å². The summed E-state index contributed by atoms with van der Waals surface area (Å²) in [4.78, 5) is 103. The number of rotatable bonds is 20. The molecule has 0 aromatic heterocycles. The number of carbonyl (C=O) groups excluding carboxylic acids is 6. The smallest absolute Gasteiger partial charge is 0.328 e. The van der Waals surface area contributed by atoms with Crippen molar-refractivity contribution in [2.24, 2.45) is 29.6 Å². The third-order valence-corrected chi connectivity index (χ3v) is 12.6. The molecule has 5 N–H and O–H groups in total. The van der Waals surface area contributed by atoms with Gasteiger partial charge >= 0.3 is 11.9 Å². The van der Waals surface area contributed by atoms with Crippen LogP contribution in [0.2, 0.25) is 0 Å². The number of nitrogens with zero attached hydrogens (tertiary/aromatic N) is 4. The summed E-state index contributed by atoms with van der Waals surface area (Å²) in [5.41, 5.74) is 2.58. The summed E-state index contributed by atoms with van der Waals surface area (Å²) in [7, 11) is 0. The van der Waals surface area contributed by atoms with Crippen molar-refractivity contribution < 1.29 is 53.0 Å². The van der Waals surface area contributed by atoms with Crippen LogP contribution in [0, 0.1) is 23.7 Å². The van der Waals surface area contributed by atoms with Crippen molar-refractivity contribution in [3.8, 4) is 5.75 Å². The molecule has 67 heavy (non-hydrogen) atoms. The summed E-state index contributed by atoms with van der Waals surface area (Å²) < 4.78 is 10.9. The highest BCUT2D eigenvalue weighted by molar-refractivity contribution is 5.92. The zero-order valence-corrected chi connectivity index (χ0v) is 39.8. The summed E-state index contributed by atoms with van der Waals surface area (Å²) in [5, 5.41) is 15.5. The minimum Gasteiger partial charge on any atom is -0.494 e. The van der Waals surface area contributed by atoms with Gasteiger partial charge in [0.1, 0.15) is 18.3 Å². The molecule has 0 spiro atoms. The molecule has 2 amide bonds. The number of ketones is 2. The van der Waals surface area contributed by atoms with Crippen LogP contribution < -0.4 is 21.3 Å². The zero-order valence-electron chi connectivity index (χ0n) is 39.8. The average molecular weight is 936 g/mol. The molecule has 0 saturated carbocycles. The van der Waals surface area contributed by atoms with E-state index in [-0.39, 0.29) is 69.0 Å². The lowest BCUT2D eigenvalue weighted by Gasteiger charge is -2.33. The Bertz CT molecular complexity index is 1900. The number of ether oxygens (including phenoxy) is 2. The highest BCUT2D eigenvalue weighted by Crippen LogP contribution is 2.28. The first-order chi connectivity index (χ1) is 32.2. The second kappa shape index (κ2) is 28.8. The van der Waals surface area contributed by atoms with Crippen LogP contribution in [-0.2, 0) is 62.5 Å². The number of fused-ring (bicyclic) bond motifs is 11. The van der Waals surface area contributed by atoms with Gasteiger partial charge in [-0.3, -0.25) is 48.3 Å². The molecule has 18 nitrogen and oxygen atoms in total. The topological polar surface area (TPSA) is 230 Å². The van der Waals surface area contributed by atoms with E-state index in [1.54, 1.807) is 6.92 Å². The number of Topliss-reactive ketones (excluding diaryl/α,β-unsaturated/α-hetero) is 2. The number of aryl methyl sites for hydroxylation is 1. The van der Waals surface area contributed by atoms with Crippen LogP contribution >= 0.6 is 0 Å². The Kier molecular flexibility index (Phi) is 23.4. The number of carboxylic acid groups (broad SMARTS) is 1. The van der Waals surface area contributed by atoms with E-state index in [1.807, 2.05) is 77.1 Å². The van der Waals surface area contributed by atoms with Crippen LogP contribution in [0.1, 0.15) is 76.5 Å². The Hall–Kier alpha value is -5.27. The maximum Gasteiger partial charge on any atom is 0.328 e. The van der Waals surface area contributed by atoms with E-state index in [0.29, 0.717) is 96.9 Å². The first-order valence-corrected chi connectivity index (χ1v) is 23.7. The number of aliphatic carboxylic acids is 1.